The van der Waals surface area contributed by atoms with Crippen LogP contribution in [0, 0.1) is 0 Å². The third-order valence-corrected chi connectivity index (χ3v) is 5.98. The molecule has 3 rings (SSSR count). The van der Waals surface area contributed by atoms with Gasteiger partial charge in [-0.1, -0.05) is 23.2 Å². The van der Waals surface area contributed by atoms with Crippen molar-refractivity contribution in [1.29, 1.82) is 0 Å². The Balaban J connectivity index is 1.60. The third kappa shape index (κ3) is 4.88. The van der Waals surface area contributed by atoms with Crippen LogP contribution < -0.4 is 10.6 Å². The number of likely N-dealkylation sites (N-methyl/N-ethyl adjacent to an activating group) is 1. The van der Waals surface area contributed by atoms with Crippen LogP contribution in [0.5, 0.6) is 0 Å². The average molecular weight is 413 g/mol. The molecular weight excluding hydrogens is 391 g/mol. The summed E-state index contributed by atoms with van der Waals surface area (Å²) >= 11 is 13.7. The second-order valence-electron chi connectivity index (χ2n) is 6.64. The van der Waals surface area contributed by atoms with Gasteiger partial charge in [0.2, 0.25) is 0 Å². The minimum Gasteiger partial charge on any atom is -0.334 e. The van der Waals surface area contributed by atoms with Crippen LogP contribution in [-0.2, 0) is 0 Å². The van der Waals surface area contributed by atoms with E-state index in [9.17, 15) is 4.79 Å². The van der Waals surface area contributed by atoms with E-state index < -0.39 is 0 Å². The van der Waals surface area contributed by atoms with E-state index in [0.29, 0.717) is 10.0 Å². The summed E-state index contributed by atoms with van der Waals surface area (Å²) in [5, 5.41) is 9.96. The van der Waals surface area contributed by atoms with Crippen LogP contribution >= 0.6 is 34.5 Å². The van der Waals surface area contributed by atoms with Gasteiger partial charge >= 0.3 is 6.03 Å². The number of hydrogen-bond donors (Lipinski definition) is 2. The number of nitrogens with one attached hydrogen (secondary N) is 2. The van der Waals surface area contributed by atoms with Crippen molar-refractivity contribution in [2.75, 3.05) is 20.1 Å². The van der Waals surface area contributed by atoms with E-state index in [1.54, 1.807) is 12.1 Å². The van der Waals surface area contributed by atoms with Crippen LogP contribution in [0.15, 0.2) is 23.6 Å². The van der Waals surface area contributed by atoms with Crippen molar-refractivity contribution in [2.45, 2.75) is 31.8 Å². The number of benzene rings is 1. The smallest absolute Gasteiger partial charge is 0.315 e. The molecule has 0 saturated carbocycles. The maximum Gasteiger partial charge on any atom is 0.315 e. The molecule has 1 aliphatic rings. The summed E-state index contributed by atoms with van der Waals surface area (Å²) in [5.74, 6) is 0. The van der Waals surface area contributed by atoms with E-state index in [-0.39, 0.29) is 18.1 Å². The molecule has 0 bridgehead atoms. The Bertz CT molecular complexity index is 782. The second-order valence-corrected chi connectivity index (χ2v) is 8.37. The van der Waals surface area contributed by atoms with Crippen molar-refractivity contribution in [3.63, 3.8) is 0 Å². The lowest BCUT2D eigenvalue weighted by atomic mass is 10.1. The topological polar surface area (TPSA) is 57.3 Å². The molecule has 2 atom stereocenters. The molecule has 5 nitrogen and oxygen atoms in total. The number of carbonyl (C=O) groups is 1. The summed E-state index contributed by atoms with van der Waals surface area (Å²) in [7, 11) is 2.08. The van der Waals surface area contributed by atoms with Gasteiger partial charge in [-0.15, -0.1) is 11.3 Å². The average Bonchev–Trinajstić information content (AvgIpc) is 3.04. The van der Waals surface area contributed by atoms with E-state index in [4.69, 9.17) is 23.2 Å². The summed E-state index contributed by atoms with van der Waals surface area (Å²) in [6.07, 6.45) is 2.12. The minimum atomic E-state index is -0.179. The SMILES string of the molecule is CC(NC(=O)NC1CCCN(C)C1)c1nc(-c2ccc(Cl)cc2Cl)cs1. The van der Waals surface area contributed by atoms with Crippen LogP contribution in [0.1, 0.15) is 30.8 Å². The van der Waals surface area contributed by atoms with Crippen LogP contribution in [0.4, 0.5) is 4.79 Å². The van der Waals surface area contributed by atoms with Gasteiger partial charge in [-0.05, 0) is 51.6 Å². The lowest BCUT2D eigenvalue weighted by molar-refractivity contribution is 0.207. The summed E-state index contributed by atoms with van der Waals surface area (Å²) in [6.45, 7) is 3.91. The van der Waals surface area contributed by atoms with E-state index in [2.05, 4.69) is 27.6 Å². The molecule has 1 saturated heterocycles. The molecule has 140 valence electrons. The second kappa shape index (κ2) is 8.57. The molecule has 0 aliphatic carbocycles. The highest BCUT2D eigenvalue weighted by Gasteiger charge is 2.21. The van der Waals surface area contributed by atoms with E-state index in [1.807, 2.05) is 18.4 Å². The van der Waals surface area contributed by atoms with Crippen LogP contribution in [0.2, 0.25) is 10.0 Å². The number of nitrogens with zero attached hydrogens (tertiary/aromatic N) is 2. The molecule has 2 amide bonds. The zero-order chi connectivity index (χ0) is 18.7. The fraction of sp³-hybridized carbons (Fsp3) is 0.444. The van der Waals surface area contributed by atoms with E-state index in [0.717, 1.165) is 42.2 Å². The molecule has 1 aliphatic heterocycles. The number of likely N-dealkylation sites (tertiary alicyclic amines) is 1. The van der Waals surface area contributed by atoms with Gasteiger partial charge in [0.05, 0.1) is 16.8 Å². The molecule has 0 radical (unpaired) electrons. The molecule has 2 unspecified atom stereocenters. The minimum absolute atomic E-state index is 0.154. The van der Waals surface area contributed by atoms with Crippen molar-refractivity contribution in [3.8, 4) is 11.3 Å². The van der Waals surface area contributed by atoms with Gasteiger partial charge in [-0.3, -0.25) is 0 Å². The molecule has 2 N–H and O–H groups in total. The molecule has 2 aromatic rings. The first kappa shape index (κ1) is 19.4. The molecule has 1 fully saturated rings. The van der Waals surface area contributed by atoms with Crippen LogP contribution in [-0.4, -0.2) is 42.1 Å². The van der Waals surface area contributed by atoms with Crippen molar-refractivity contribution in [3.05, 3.63) is 38.6 Å². The highest BCUT2D eigenvalue weighted by molar-refractivity contribution is 7.10. The summed E-state index contributed by atoms with van der Waals surface area (Å²) < 4.78 is 0. The standard InChI is InChI=1S/C18H22Cl2N4OS/c1-11(21-18(25)22-13-4-3-7-24(2)9-13)17-23-16(10-26-17)14-6-5-12(19)8-15(14)20/h5-6,8,10-11,13H,3-4,7,9H2,1-2H3,(H2,21,22,25). The van der Waals surface area contributed by atoms with Crippen molar-refractivity contribution in [1.82, 2.24) is 20.5 Å². The Labute approximate surface area is 167 Å². The molecule has 1 aromatic carbocycles. The number of urea groups is 1. The highest BCUT2D eigenvalue weighted by atomic mass is 35.5. The van der Waals surface area contributed by atoms with Gasteiger partial charge in [-0.2, -0.15) is 0 Å². The van der Waals surface area contributed by atoms with Gasteiger partial charge in [0.15, 0.2) is 0 Å². The van der Waals surface area contributed by atoms with Crippen LogP contribution in [0.25, 0.3) is 11.3 Å². The number of carbonyl (C=O) groups excluding carboxylic acids is 1. The zero-order valence-corrected chi connectivity index (χ0v) is 17.1. The van der Waals surface area contributed by atoms with Gasteiger partial charge in [0, 0.05) is 28.6 Å². The number of aromatic nitrogens is 1. The highest BCUT2D eigenvalue weighted by Crippen LogP contribution is 2.32. The zero-order valence-electron chi connectivity index (χ0n) is 14.8. The molecule has 0 spiro atoms. The number of thiazole rings is 1. The Kier molecular flexibility index (Phi) is 6.40. The number of piperidine rings is 1. The van der Waals surface area contributed by atoms with Crippen molar-refractivity contribution in [2.24, 2.45) is 0 Å². The Morgan fingerprint density at radius 2 is 2.23 bits per heavy atom. The van der Waals surface area contributed by atoms with Crippen LogP contribution in [0.3, 0.4) is 0 Å². The van der Waals surface area contributed by atoms with Gasteiger partial charge in [-0.25, -0.2) is 9.78 Å². The summed E-state index contributed by atoms with van der Waals surface area (Å²) in [4.78, 5) is 19.1. The Morgan fingerprint density at radius 1 is 1.42 bits per heavy atom. The van der Waals surface area contributed by atoms with E-state index >= 15 is 0 Å². The summed E-state index contributed by atoms with van der Waals surface area (Å²) in [6, 6.07) is 5.21. The largest absolute Gasteiger partial charge is 0.334 e. The lowest BCUT2D eigenvalue weighted by Gasteiger charge is -2.30. The maximum atomic E-state index is 12.3. The lowest BCUT2D eigenvalue weighted by Crippen LogP contribution is -2.49. The molecule has 8 heteroatoms. The summed E-state index contributed by atoms with van der Waals surface area (Å²) in [5.41, 5.74) is 1.62. The van der Waals surface area contributed by atoms with Gasteiger partial charge in [0.1, 0.15) is 5.01 Å². The number of amides is 2. The van der Waals surface area contributed by atoms with E-state index in [1.165, 1.54) is 11.3 Å². The fourth-order valence-corrected chi connectivity index (χ4v) is 4.41. The van der Waals surface area contributed by atoms with Crippen molar-refractivity contribution < 1.29 is 4.79 Å². The first-order valence-electron chi connectivity index (χ1n) is 8.59. The molecule has 1 aromatic heterocycles. The first-order valence-corrected chi connectivity index (χ1v) is 10.2. The van der Waals surface area contributed by atoms with Gasteiger partial charge in [0.25, 0.3) is 0 Å². The number of rotatable bonds is 4. The predicted octanol–water partition coefficient (Wildman–Crippen LogP) is 4.57. The third-order valence-electron chi connectivity index (χ3n) is 4.41. The van der Waals surface area contributed by atoms with Gasteiger partial charge < -0.3 is 15.5 Å². The van der Waals surface area contributed by atoms with Crippen molar-refractivity contribution >= 4 is 40.6 Å². The molecular formula is C18H22Cl2N4OS. The predicted molar refractivity (Wildman–Crippen MR) is 108 cm³/mol. The monoisotopic (exact) mass is 412 g/mol. The fourth-order valence-electron chi connectivity index (χ4n) is 3.08. The normalized spacial score (nSPS) is 19.2. The Hall–Kier alpha value is -1.34. The first-order chi connectivity index (χ1) is 12.4. The maximum absolute atomic E-state index is 12.3. The molecule has 2 heterocycles. The quantitative estimate of drug-likeness (QED) is 0.772. The molecule has 26 heavy (non-hydrogen) atoms. The number of halogens is 2. The number of hydrogen-bond acceptors (Lipinski definition) is 4. The Morgan fingerprint density at radius 3 is 2.96 bits per heavy atom.